The summed E-state index contributed by atoms with van der Waals surface area (Å²) in [7, 11) is 0. The molecule has 0 aliphatic carbocycles. The molecule has 2 aliphatic heterocycles. The summed E-state index contributed by atoms with van der Waals surface area (Å²) in [6, 6.07) is 0. The van der Waals surface area contributed by atoms with E-state index in [9.17, 15) is 9.59 Å². The Hall–Kier alpha value is -1.14. The SMILES string of the molecule is CC(=O)N1CCCN(C(=O)C2CCC(CN)O2)CC1. The Morgan fingerprint density at radius 2 is 1.84 bits per heavy atom. The Kier molecular flexibility index (Phi) is 4.76. The van der Waals surface area contributed by atoms with E-state index in [0.29, 0.717) is 26.2 Å². The predicted octanol–water partition coefficient (Wildman–Crippen LogP) is -0.426. The molecule has 2 aliphatic rings. The molecule has 2 rings (SSSR count). The highest BCUT2D eigenvalue weighted by Crippen LogP contribution is 2.21. The molecular formula is C13H23N3O3. The van der Waals surface area contributed by atoms with Crippen molar-refractivity contribution in [1.82, 2.24) is 9.80 Å². The van der Waals surface area contributed by atoms with Gasteiger partial charge in [0.2, 0.25) is 5.91 Å². The summed E-state index contributed by atoms with van der Waals surface area (Å²) in [5.74, 6) is 0.135. The first-order valence-electron chi connectivity index (χ1n) is 7.01. The lowest BCUT2D eigenvalue weighted by molar-refractivity contribution is -0.143. The highest BCUT2D eigenvalue weighted by atomic mass is 16.5. The number of hydrogen-bond donors (Lipinski definition) is 1. The van der Waals surface area contributed by atoms with E-state index >= 15 is 0 Å². The number of carbonyl (C=O) groups excluding carboxylic acids is 2. The fourth-order valence-electron chi connectivity index (χ4n) is 2.72. The third kappa shape index (κ3) is 3.45. The van der Waals surface area contributed by atoms with Crippen LogP contribution in [0.4, 0.5) is 0 Å². The van der Waals surface area contributed by atoms with Crippen LogP contribution >= 0.6 is 0 Å². The van der Waals surface area contributed by atoms with Crippen LogP contribution in [0, 0.1) is 0 Å². The molecule has 2 saturated heterocycles. The zero-order chi connectivity index (χ0) is 13.8. The second-order valence-electron chi connectivity index (χ2n) is 5.24. The van der Waals surface area contributed by atoms with Crippen molar-refractivity contribution in [3.63, 3.8) is 0 Å². The van der Waals surface area contributed by atoms with Crippen LogP contribution in [0.3, 0.4) is 0 Å². The van der Waals surface area contributed by atoms with Gasteiger partial charge < -0.3 is 20.3 Å². The number of rotatable bonds is 2. The molecule has 2 N–H and O–H groups in total. The van der Waals surface area contributed by atoms with Crippen molar-refractivity contribution in [2.75, 3.05) is 32.7 Å². The maximum absolute atomic E-state index is 12.3. The van der Waals surface area contributed by atoms with Crippen LogP contribution in [0.2, 0.25) is 0 Å². The number of carbonyl (C=O) groups is 2. The van der Waals surface area contributed by atoms with Gasteiger partial charge in [0, 0.05) is 39.6 Å². The summed E-state index contributed by atoms with van der Waals surface area (Å²) in [4.78, 5) is 27.3. The van der Waals surface area contributed by atoms with Gasteiger partial charge in [-0.1, -0.05) is 0 Å². The average Bonchev–Trinajstić information content (AvgIpc) is 2.74. The summed E-state index contributed by atoms with van der Waals surface area (Å²) in [5, 5.41) is 0. The second kappa shape index (κ2) is 6.34. The van der Waals surface area contributed by atoms with Gasteiger partial charge in [0.05, 0.1) is 6.10 Å². The summed E-state index contributed by atoms with van der Waals surface area (Å²) in [5.41, 5.74) is 5.56. The number of hydrogen-bond acceptors (Lipinski definition) is 4. The summed E-state index contributed by atoms with van der Waals surface area (Å²) in [6.45, 7) is 4.71. The van der Waals surface area contributed by atoms with Crippen LogP contribution in [0.25, 0.3) is 0 Å². The molecule has 0 radical (unpaired) electrons. The van der Waals surface area contributed by atoms with Gasteiger partial charge in [-0.2, -0.15) is 0 Å². The molecule has 0 aromatic heterocycles. The maximum Gasteiger partial charge on any atom is 0.251 e. The van der Waals surface area contributed by atoms with Crippen molar-refractivity contribution in [3.05, 3.63) is 0 Å². The zero-order valence-corrected chi connectivity index (χ0v) is 11.5. The summed E-state index contributed by atoms with van der Waals surface area (Å²) < 4.78 is 5.64. The van der Waals surface area contributed by atoms with Crippen molar-refractivity contribution >= 4 is 11.8 Å². The molecule has 108 valence electrons. The molecule has 2 fully saturated rings. The lowest BCUT2D eigenvalue weighted by Crippen LogP contribution is -2.42. The number of amides is 2. The largest absolute Gasteiger partial charge is 0.364 e. The van der Waals surface area contributed by atoms with Crippen LogP contribution in [-0.2, 0) is 14.3 Å². The van der Waals surface area contributed by atoms with Gasteiger partial charge in [-0.15, -0.1) is 0 Å². The lowest BCUT2D eigenvalue weighted by atomic mass is 10.2. The van der Waals surface area contributed by atoms with E-state index in [1.807, 2.05) is 4.90 Å². The van der Waals surface area contributed by atoms with Crippen molar-refractivity contribution < 1.29 is 14.3 Å². The fraction of sp³-hybridized carbons (Fsp3) is 0.846. The van der Waals surface area contributed by atoms with Gasteiger partial charge >= 0.3 is 0 Å². The third-order valence-electron chi connectivity index (χ3n) is 3.90. The van der Waals surface area contributed by atoms with E-state index in [2.05, 4.69) is 0 Å². The topological polar surface area (TPSA) is 75.9 Å². The average molecular weight is 269 g/mol. The normalized spacial score (nSPS) is 28.3. The van der Waals surface area contributed by atoms with Crippen molar-refractivity contribution in [3.8, 4) is 0 Å². The highest BCUT2D eigenvalue weighted by molar-refractivity contribution is 5.81. The van der Waals surface area contributed by atoms with Crippen molar-refractivity contribution in [2.45, 2.75) is 38.4 Å². The lowest BCUT2D eigenvalue weighted by Gasteiger charge is -2.24. The minimum atomic E-state index is -0.336. The monoisotopic (exact) mass is 269 g/mol. The molecule has 2 heterocycles. The highest BCUT2D eigenvalue weighted by Gasteiger charge is 2.33. The van der Waals surface area contributed by atoms with E-state index in [0.717, 1.165) is 25.8 Å². The molecule has 19 heavy (non-hydrogen) atoms. The van der Waals surface area contributed by atoms with Gasteiger partial charge in [-0.05, 0) is 19.3 Å². The Labute approximate surface area is 113 Å². The number of nitrogens with zero attached hydrogens (tertiary/aromatic N) is 2. The van der Waals surface area contributed by atoms with Gasteiger partial charge in [-0.3, -0.25) is 9.59 Å². The smallest absolute Gasteiger partial charge is 0.251 e. The molecule has 0 aromatic rings. The van der Waals surface area contributed by atoms with E-state index in [-0.39, 0.29) is 24.0 Å². The van der Waals surface area contributed by atoms with Crippen LogP contribution < -0.4 is 5.73 Å². The van der Waals surface area contributed by atoms with E-state index in [1.165, 1.54) is 0 Å². The van der Waals surface area contributed by atoms with Crippen LogP contribution in [0.5, 0.6) is 0 Å². The van der Waals surface area contributed by atoms with Crippen LogP contribution in [0.15, 0.2) is 0 Å². The molecule has 0 saturated carbocycles. The first-order valence-corrected chi connectivity index (χ1v) is 7.01. The van der Waals surface area contributed by atoms with E-state index in [1.54, 1.807) is 11.8 Å². The Balaban J connectivity index is 1.88. The van der Waals surface area contributed by atoms with E-state index in [4.69, 9.17) is 10.5 Å². The fourth-order valence-corrected chi connectivity index (χ4v) is 2.72. The molecule has 2 unspecified atom stereocenters. The number of ether oxygens (including phenoxy) is 1. The molecule has 6 heteroatoms. The standard InChI is InChI=1S/C13H23N3O3/c1-10(17)15-5-2-6-16(8-7-15)13(18)12-4-3-11(9-14)19-12/h11-12H,2-9,14H2,1H3. The van der Waals surface area contributed by atoms with Gasteiger partial charge in [0.15, 0.2) is 0 Å². The second-order valence-corrected chi connectivity index (χ2v) is 5.24. The quantitative estimate of drug-likeness (QED) is 0.738. The minimum absolute atomic E-state index is 0.0228. The summed E-state index contributed by atoms with van der Waals surface area (Å²) in [6.07, 6.45) is 2.14. The molecule has 2 atom stereocenters. The molecule has 0 spiro atoms. The first kappa shape index (κ1) is 14.3. The molecular weight excluding hydrogens is 246 g/mol. The first-order chi connectivity index (χ1) is 9.11. The van der Waals surface area contributed by atoms with Crippen LogP contribution in [-0.4, -0.2) is 66.5 Å². The van der Waals surface area contributed by atoms with Crippen LogP contribution in [0.1, 0.15) is 26.2 Å². The zero-order valence-electron chi connectivity index (χ0n) is 11.5. The van der Waals surface area contributed by atoms with Gasteiger partial charge in [0.1, 0.15) is 6.10 Å². The van der Waals surface area contributed by atoms with E-state index < -0.39 is 0 Å². The minimum Gasteiger partial charge on any atom is -0.364 e. The molecule has 6 nitrogen and oxygen atoms in total. The molecule has 0 aromatic carbocycles. The van der Waals surface area contributed by atoms with Gasteiger partial charge in [-0.25, -0.2) is 0 Å². The third-order valence-corrected chi connectivity index (χ3v) is 3.90. The summed E-state index contributed by atoms with van der Waals surface area (Å²) >= 11 is 0. The Morgan fingerprint density at radius 1 is 1.16 bits per heavy atom. The van der Waals surface area contributed by atoms with Crippen molar-refractivity contribution in [1.29, 1.82) is 0 Å². The van der Waals surface area contributed by atoms with Crippen molar-refractivity contribution in [2.24, 2.45) is 5.73 Å². The Bertz CT molecular complexity index is 348. The Morgan fingerprint density at radius 3 is 2.47 bits per heavy atom. The molecule has 2 amide bonds. The maximum atomic E-state index is 12.3. The molecule has 0 bridgehead atoms. The van der Waals surface area contributed by atoms with Gasteiger partial charge in [0.25, 0.3) is 5.91 Å². The predicted molar refractivity (Wildman–Crippen MR) is 70.4 cm³/mol. The number of nitrogens with two attached hydrogens (primary N) is 1.